The Morgan fingerprint density at radius 1 is 1.28 bits per heavy atom. The number of fused-ring (bicyclic) bond motifs is 2. The maximum atomic E-state index is 12.0. The number of primary amides is 1. The number of benzene rings is 1. The molecule has 3 heterocycles. The fraction of sp³-hybridized carbons (Fsp3) is 0.176. The third-order valence-electron chi connectivity index (χ3n) is 4.01. The molecule has 0 atom stereocenters. The average Bonchev–Trinajstić information content (AvgIpc) is 3.26. The van der Waals surface area contributed by atoms with Crippen LogP contribution in [0, 0.1) is 0 Å². The molecule has 3 aromatic rings. The number of aromatic nitrogens is 2. The predicted octanol–water partition coefficient (Wildman–Crippen LogP) is 1.46. The average molecular weight is 340 g/mol. The minimum atomic E-state index is -0.557. The molecule has 0 bridgehead atoms. The molecular weight excluding hydrogens is 324 g/mol. The van der Waals surface area contributed by atoms with E-state index in [0.717, 1.165) is 10.9 Å². The van der Waals surface area contributed by atoms with Crippen LogP contribution < -0.4 is 20.5 Å². The zero-order chi connectivity index (χ0) is 17.4. The summed E-state index contributed by atoms with van der Waals surface area (Å²) in [4.78, 5) is 19.5. The molecule has 0 fully saturated rings. The number of aromatic amines is 1. The molecule has 8 heteroatoms. The van der Waals surface area contributed by atoms with E-state index in [2.05, 4.69) is 15.3 Å². The monoisotopic (exact) mass is 340 g/mol. The van der Waals surface area contributed by atoms with Gasteiger partial charge in [-0.25, -0.2) is 4.98 Å². The van der Waals surface area contributed by atoms with E-state index in [1.165, 1.54) is 0 Å². The van der Waals surface area contributed by atoms with Gasteiger partial charge in [0.1, 0.15) is 11.5 Å². The Labute approximate surface area is 142 Å². The normalized spacial score (nSPS) is 12.5. The number of amides is 1. The second-order valence-electron chi connectivity index (χ2n) is 5.56. The maximum Gasteiger partial charge on any atom is 0.249 e. The second kappa shape index (κ2) is 5.99. The van der Waals surface area contributed by atoms with Crippen molar-refractivity contribution in [3.05, 3.63) is 36.0 Å². The second-order valence-corrected chi connectivity index (χ2v) is 5.56. The summed E-state index contributed by atoms with van der Waals surface area (Å²) in [6.45, 7) is 0.453. The number of hydrogen-bond acceptors (Lipinski definition) is 6. The molecule has 0 radical (unpaired) electrons. The number of hydrogen-bond donors (Lipinski definition) is 4. The fourth-order valence-corrected chi connectivity index (χ4v) is 2.90. The minimum absolute atomic E-state index is 0.0175. The first-order valence-electron chi connectivity index (χ1n) is 7.74. The molecule has 2 aromatic heterocycles. The van der Waals surface area contributed by atoms with Gasteiger partial charge in [-0.3, -0.25) is 4.79 Å². The van der Waals surface area contributed by atoms with E-state index in [-0.39, 0.29) is 13.4 Å². The lowest BCUT2D eigenvalue weighted by Crippen LogP contribution is -2.13. The van der Waals surface area contributed by atoms with Gasteiger partial charge in [-0.1, -0.05) is 0 Å². The number of rotatable bonds is 5. The highest BCUT2D eigenvalue weighted by Gasteiger charge is 2.22. The Bertz CT molecular complexity index is 967. The highest BCUT2D eigenvalue weighted by atomic mass is 16.7. The molecule has 5 N–H and O–H groups in total. The number of aliphatic hydroxyl groups excluding tert-OH is 1. The third-order valence-corrected chi connectivity index (χ3v) is 4.01. The van der Waals surface area contributed by atoms with Crippen LogP contribution in [-0.2, 0) is 0 Å². The lowest BCUT2D eigenvalue weighted by molar-refractivity contribution is 0.100. The van der Waals surface area contributed by atoms with Gasteiger partial charge >= 0.3 is 0 Å². The van der Waals surface area contributed by atoms with Crippen molar-refractivity contribution < 1.29 is 19.4 Å². The van der Waals surface area contributed by atoms with Crippen LogP contribution in [0.25, 0.3) is 22.2 Å². The van der Waals surface area contributed by atoms with Crippen molar-refractivity contribution in [2.75, 3.05) is 25.3 Å². The summed E-state index contributed by atoms with van der Waals surface area (Å²) < 4.78 is 10.8. The van der Waals surface area contributed by atoms with Gasteiger partial charge in [0.25, 0.3) is 0 Å². The molecule has 0 unspecified atom stereocenters. The SMILES string of the molecule is NC(=O)c1cc2c(cc1-c1cc(NCCO)nc3[nH]ccc13)OCO2. The number of nitrogens with two attached hydrogens (primary N) is 1. The number of carbonyl (C=O) groups is 1. The number of anilines is 1. The number of carbonyl (C=O) groups excluding carboxylic acids is 1. The maximum absolute atomic E-state index is 12.0. The topological polar surface area (TPSA) is 122 Å². The predicted molar refractivity (Wildman–Crippen MR) is 91.7 cm³/mol. The fourth-order valence-electron chi connectivity index (χ4n) is 2.90. The number of pyridine rings is 1. The minimum Gasteiger partial charge on any atom is -0.454 e. The summed E-state index contributed by atoms with van der Waals surface area (Å²) in [5, 5.41) is 12.9. The standard InChI is InChI=1S/C17H16N4O4/c18-16(23)12-6-14-13(24-8-25-14)5-10(12)11-7-15(19-3-4-22)21-17-9(11)1-2-20-17/h1-2,5-7,22H,3-4,8H2,(H2,18,23)(H2,19,20,21). The van der Waals surface area contributed by atoms with E-state index in [9.17, 15) is 4.79 Å². The van der Waals surface area contributed by atoms with Gasteiger partial charge in [-0.05, 0) is 35.4 Å². The van der Waals surface area contributed by atoms with Gasteiger partial charge in [-0.2, -0.15) is 0 Å². The van der Waals surface area contributed by atoms with E-state index in [4.69, 9.17) is 20.3 Å². The van der Waals surface area contributed by atoms with Gasteiger partial charge in [0.05, 0.1) is 12.2 Å². The molecule has 0 saturated heterocycles. The van der Waals surface area contributed by atoms with Crippen LogP contribution in [0.5, 0.6) is 11.5 Å². The molecule has 1 aliphatic rings. The molecule has 25 heavy (non-hydrogen) atoms. The first-order valence-corrected chi connectivity index (χ1v) is 7.74. The molecule has 1 aliphatic heterocycles. The number of H-pyrrole nitrogens is 1. The van der Waals surface area contributed by atoms with Crippen LogP contribution in [0.3, 0.4) is 0 Å². The summed E-state index contributed by atoms with van der Waals surface area (Å²) in [5.41, 5.74) is 7.99. The van der Waals surface area contributed by atoms with Crippen LogP contribution >= 0.6 is 0 Å². The molecule has 4 rings (SSSR count). The Morgan fingerprint density at radius 2 is 2.08 bits per heavy atom. The van der Waals surface area contributed by atoms with E-state index >= 15 is 0 Å². The van der Waals surface area contributed by atoms with Gasteiger partial charge < -0.3 is 30.6 Å². The molecule has 1 aromatic carbocycles. The zero-order valence-electron chi connectivity index (χ0n) is 13.2. The highest BCUT2D eigenvalue weighted by molar-refractivity contribution is 6.05. The van der Waals surface area contributed by atoms with Crippen molar-refractivity contribution >= 4 is 22.8 Å². The number of nitrogens with one attached hydrogen (secondary N) is 2. The quantitative estimate of drug-likeness (QED) is 0.558. The Balaban J connectivity index is 1.94. The van der Waals surface area contributed by atoms with Crippen LogP contribution in [0.4, 0.5) is 5.82 Å². The van der Waals surface area contributed by atoms with Crippen LogP contribution in [0.15, 0.2) is 30.5 Å². The molecule has 0 spiro atoms. The van der Waals surface area contributed by atoms with Crippen molar-refractivity contribution in [1.29, 1.82) is 0 Å². The summed E-state index contributed by atoms with van der Waals surface area (Å²) in [5.74, 6) is 1.08. The van der Waals surface area contributed by atoms with Crippen molar-refractivity contribution in [1.82, 2.24) is 9.97 Å². The molecule has 128 valence electrons. The van der Waals surface area contributed by atoms with E-state index in [1.54, 1.807) is 18.3 Å². The van der Waals surface area contributed by atoms with Crippen LogP contribution in [0.1, 0.15) is 10.4 Å². The van der Waals surface area contributed by atoms with Crippen molar-refractivity contribution in [2.45, 2.75) is 0 Å². The van der Waals surface area contributed by atoms with Gasteiger partial charge in [0.2, 0.25) is 12.7 Å². The van der Waals surface area contributed by atoms with Crippen molar-refractivity contribution in [3.8, 4) is 22.6 Å². The van der Waals surface area contributed by atoms with Crippen molar-refractivity contribution in [3.63, 3.8) is 0 Å². The number of aliphatic hydroxyl groups is 1. The van der Waals surface area contributed by atoms with Gasteiger partial charge in [0.15, 0.2) is 11.5 Å². The third kappa shape index (κ3) is 2.62. The molecule has 0 aliphatic carbocycles. The number of ether oxygens (including phenoxy) is 2. The smallest absolute Gasteiger partial charge is 0.249 e. The Kier molecular flexibility index (Phi) is 3.66. The Hall–Kier alpha value is -3.26. The molecule has 8 nitrogen and oxygen atoms in total. The lowest BCUT2D eigenvalue weighted by Gasteiger charge is -2.12. The summed E-state index contributed by atoms with van der Waals surface area (Å²) in [6, 6.07) is 7.04. The van der Waals surface area contributed by atoms with Crippen LogP contribution in [0.2, 0.25) is 0 Å². The van der Waals surface area contributed by atoms with Gasteiger partial charge in [-0.15, -0.1) is 0 Å². The summed E-state index contributed by atoms with van der Waals surface area (Å²) in [7, 11) is 0. The van der Waals surface area contributed by atoms with E-state index in [0.29, 0.717) is 40.6 Å². The highest BCUT2D eigenvalue weighted by Crippen LogP contribution is 2.41. The zero-order valence-corrected chi connectivity index (χ0v) is 13.2. The largest absolute Gasteiger partial charge is 0.454 e. The van der Waals surface area contributed by atoms with E-state index < -0.39 is 5.91 Å². The lowest BCUT2D eigenvalue weighted by atomic mass is 9.96. The summed E-state index contributed by atoms with van der Waals surface area (Å²) in [6.07, 6.45) is 1.77. The van der Waals surface area contributed by atoms with Crippen molar-refractivity contribution in [2.24, 2.45) is 5.73 Å². The molecule has 1 amide bonds. The first kappa shape index (κ1) is 15.3. The molecule has 0 saturated carbocycles. The molecular formula is C17H16N4O4. The Morgan fingerprint density at radius 3 is 2.84 bits per heavy atom. The summed E-state index contributed by atoms with van der Waals surface area (Å²) >= 11 is 0. The van der Waals surface area contributed by atoms with Crippen LogP contribution in [-0.4, -0.2) is 40.9 Å². The van der Waals surface area contributed by atoms with E-state index in [1.807, 2.05) is 12.1 Å². The number of nitrogens with zero attached hydrogens (tertiary/aromatic N) is 1. The van der Waals surface area contributed by atoms with Gasteiger partial charge in [0, 0.05) is 18.1 Å². The first-order chi connectivity index (χ1) is 12.2.